The number of aliphatic hydroxyl groups is 1. The van der Waals surface area contributed by atoms with Crippen molar-refractivity contribution in [3.8, 4) is 0 Å². The summed E-state index contributed by atoms with van der Waals surface area (Å²) < 4.78 is 29.0. The highest BCUT2D eigenvalue weighted by molar-refractivity contribution is 8.17. The first-order chi connectivity index (χ1) is 8.12. The zero-order chi connectivity index (χ0) is 14.4. The highest BCUT2D eigenvalue weighted by Crippen LogP contribution is 2.28. The van der Waals surface area contributed by atoms with Crippen LogP contribution in [0.15, 0.2) is 29.2 Å². The third-order valence-corrected chi connectivity index (χ3v) is 5.46. The largest absolute Gasteiger partial charge is 0.370 e. The number of benzene rings is 1. The van der Waals surface area contributed by atoms with E-state index in [1.165, 1.54) is 35.7 Å². The first-order valence-electron chi connectivity index (χ1n) is 4.99. The Labute approximate surface area is 117 Å². The third-order valence-electron chi connectivity index (χ3n) is 2.08. The van der Waals surface area contributed by atoms with Crippen LogP contribution >= 0.6 is 23.5 Å². The molecule has 18 heavy (non-hydrogen) atoms. The SMILES string of the molecule is CSC(C)(O)SC.Cc1ccc(S(=O)(=O)O)cc1. The van der Waals surface area contributed by atoms with Crippen LogP contribution in [0.2, 0.25) is 0 Å². The maximum Gasteiger partial charge on any atom is 0.294 e. The van der Waals surface area contributed by atoms with Crippen molar-refractivity contribution in [3.63, 3.8) is 0 Å². The summed E-state index contributed by atoms with van der Waals surface area (Å²) in [5.74, 6) is 0. The molecule has 0 aliphatic rings. The Balaban J connectivity index is 0.000000360. The average Bonchev–Trinajstić information content (AvgIpc) is 2.29. The number of rotatable bonds is 3. The van der Waals surface area contributed by atoms with Crippen LogP contribution in [0.3, 0.4) is 0 Å². The molecule has 0 fully saturated rings. The fourth-order valence-corrected chi connectivity index (χ4v) is 1.94. The summed E-state index contributed by atoms with van der Waals surface area (Å²) in [6, 6.07) is 5.99. The third kappa shape index (κ3) is 7.27. The van der Waals surface area contributed by atoms with E-state index in [0.717, 1.165) is 5.56 Å². The number of hydrogen-bond acceptors (Lipinski definition) is 5. The topological polar surface area (TPSA) is 74.6 Å². The quantitative estimate of drug-likeness (QED) is 0.660. The lowest BCUT2D eigenvalue weighted by atomic mass is 10.2. The average molecular weight is 310 g/mol. The van der Waals surface area contributed by atoms with Gasteiger partial charge in [-0.3, -0.25) is 4.55 Å². The van der Waals surface area contributed by atoms with E-state index >= 15 is 0 Å². The normalized spacial score (nSPS) is 11.7. The van der Waals surface area contributed by atoms with Gasteiger partial charge in [0, 0.05) is 0 Å². The second-order valence-electron chi connectivity index (χ2n) is 3.59. The van der Waals surface area contributed by atoms with Crippen LogP contribution in [0.25, 0.3) is 0 Å². The van der Waals surface area contributed by atoms with Gasteiger partial charge >= 0.3 is 0 Å². The van der Waals surface area contributed by atoms with Crippen LogP contribution in [-0.2, 0) is 10.1 Å². The molecule has 2 N–H and O–H groups in total. The molecule has 0 unspecified atom stereocenters. The van der Waals surface area contributed by atoms with Gasteiger partial charge in [0.05, 0.1) is 4.90 Å². The lowest BCUT2D eigenvalue weighted by Crippen LogP contribution is -2.10. The maximum atomic E-state index is 10.5. The molecule has 0 saturated heterocycles. The Bertz CT molecular complexity index is 446. The molecule has 0 aromatic heterocycles. The van der Waals surface area contributed by atoms with E-state index in [1.807, 2.05) is 19.4 Å². The van der Waals surface area contributed by atoms with Gasteiger partial charge in [-0.2, -0.15) is 8.42 Å². The molecule has 1 aromatic carbocycles. The molecule has 0 amide bonds. The van der Waals surface area contributed by atoms with Crippen molar-refractivity contribution in [2.24, 2.45) is 0 Å². The molecule has 0 atom stereocenters. The fourth-order valence-electron chi connectivity index (χ4n) is 0.794. The fraction of sp³-hybridized carbons (Fsp3) is 0.455. The van der Waals surface area contributed by atoms with Crippen molar-refractivity contribution in [1.82, 2.24) is 0 Å². The summed E-state index contributed by atoms with van der Waals surface area (Å²) >= 11 is 2.89. The molecule has 1 rings (SSSR count). The lowest BCUT2D eigenvalue weighted by molar-refractivity contribution is 0.252. The highest BCUT2D eigenvalue weighted by atomic mass is 32.2. The van der Waals surface area contributed by atoms with Gasteiger partial charge in [-0.25, -0.2) is 0 Å². The number of thioether (sulfide) groups is 2. The smallest absolute Gasteiger partial charge is 0.294 e. The lowest BCUT2D eigenvalue weighted by Gasteiger charge is -2.15. The van der Waals surface area contributed by atoms with Crippen LogP contribution < -0.4 is 0 Å². The summed E-state index contributed by atoms with van der Waals surface area (Å²) in [7, 11) is -4.02. The zero-order valence-corrected chi connectivity index (χ0v) is 13.2. The molecule has 0 spiro atoms. The van der Waals surface area contributed by atoms with E-state index in [9.17, 15) is 8.42 Å². The number of aryl methyl sites for hydroxylation is 1. The molecular formula is C11H18O4S3. The Kier molecular flexibility index (Phi) is 7.31. The second kappa shape index (κ2) is 7.40. The van der Waals surface area contributed by atoms with Crippen molar-refractivity contribution >= 4 is 33.6 Å². The number of hydrogen-bond donors (Lipinski definition) is 2. The van der Waals surface area contributed by atoms with Crippen molar-refractivity contribution in [3.05, 3.63) is 29.8 Å². The van der Waals surface area contributed by atoms with Crippen molar-refractivity contribution < 1.29 is 18.1 Å². The second-order valence-corrected chi connectivity index (χ2v) is 7.68. The zero-order valence-electron chi connectivity index (χ0n) is 10.7. The molecule has 0 saturated carbocycles. The molecule has 0 heterocycles. The Morgan fingerprint density at radius 2 is 1.50 bits per heavy atom. The van der Waals surface area contributed by atoms with Crippen LogP contribution in [0, 0.1) is 6.92 Å². The summed E-state index contributed by atoms with van der Waals surface area (Å²) in [5.41, 5.74) is 0.956. The summed E-state index contributed by atoms with van der Waals surface area (Å²) in [4.78, 5) is -0.0666. The van der Waals surface area contributed by atoms with Crippen LogP contribution in [0.5, 0.6) is 0 Å². The van der Waals surface area contributed by atoms with Crippen molar-refractivity contribution in [2.75, 3.05) is 12.5 Å². The van der Waals surface area contributed by atoms with Gasteiger partial charge in [0.2, 0.25) is 0 Å². The van der Waals surface area contributed by atoms with Gasteiger partial charge in [0.25, 0.3) is 10.1 Å². The molecule has 104 valence electrons. The Morgan fingerprint density at radius 1 is 1.11 bits per heavy atom. The van der Waals surface area contributed by atoms with Crippen LogP contribution in [0.4, 0.5) is 0 Å². The van der Waals surface area contributed by atoms with Gasteiger partial charge in [0.15, 0.2) is 4.27 Å². The van der Waals surface area contributed by atoms with Gasteiger partial charge < -0.3 is 5.11 Å². The molecule has 4 nitrogen and oxygen atoms in total. The minimum absolute atomic E-state index is 0.0666. The van der Waals surface area contributed by atoms with Gasteiger partial charge in [-0.05, 0) is 38.5 Å². The van der Waals surface area contributed by atoms with E-state index in [2.05, 4.69) is 0 Å². The summed E-state index contributed by atoms with van der Waals surface area (Å²) in [6.45, 7) is 3.62. The molecule has 0 bridgehead atoms. The van der Waals surface area contributed by atoms with Crippen LogP contribution in [0.1, 0.15) is 12.5 Å². The van der Waals surface area contributed by atoms with E-state index in [4.69, 9.17) is 9.66 Å². The van der Waals surface area contributed by atoms with E-state index in [0.29, 0.717) is 0 Å². The molecule has 1 aromatic rings. The Morgan fingerprint density at radius 3 is 1.72 bits per heavy atom. The first-order valence-corrected chi connectivity index (χ1v) is 8.88. The monoisotopic (exact) mass is 310 g/mol. The Hall–Kier alpha value is -0.210. The predicted octanol–water partition coefficient (Wildman–Crippen LogP) is 2.62. The van der Waals surface area contributed by atoms with Crippen LogP contribution in [-0.4, -0.2) is 34.9 Å². The van der Waals surface area contributed by atoms with Gasteiger partial charge in [-0.15, -0.1) is 23.5 Å². The predicted molar refractivity (Wildman–Crippen MR) is 78.6 cm³/mol. The van der Waals surface area contributed by atoms with Gasteiger partial charge in [0.1, 0.15) is 0 Å². The van der Waals surface area contributed by atoms with E-state index in [-0.39, 0.29) is 4.90 Å². The molecule has 0 aliphatic carbocycles. The molecule has 7 heteroatoms. The summed E-state index contributed by atoms with van der Waals surface area (Å²) in [6.07, 6.45) is 3.77. The minimum Gasteiger partial charge on any atom is -0.370 e. The minimum atomic E-state index is -4.02. The first kappa shape index (κ1) is 17.8. The van der Waals surface area contributed by atoms with Crippen molar-refractivity contribution in [1.29, 1.82) is 0 Å². The van der Waals surface area contributed by atoms with E-state index < -0.39 is 14.4 Å². The van der Waals surface area contributed by atoms with Gasteiger partial charge in [-0.1, -0.05) is 17.7 Å². The molecule has 0 radical (unpaired) electrons. The maximum absolute atomic E-state index is 10.5. The molecular weight excluding hydrogens is 292 g/mol. The highest BCUT2D eigenvalue weighted by Gasteiger charge is 2.14. The summed E-state index contributed by atoms with van der Waals surface area (Å²) in [5, 5.41) is 9.06. The van der Waals surface area contributed by atoms with Crippen molar-refractivity contribution in [2.45, 2.75) is 23.0 Å². The standard InChI is InChI=1S/C7H8O3S.C4H10OS2/c1-6-2-4-7(5-3-6)11(8,9)10;1-4(5,6-2)7-3/h2-5H,1H3,(H,8,9,10);5H,1-3H3. The molecule has 0 aliphatic heterocycles. The van der Waals surface area contributed by atoms with E-state index in [1.54, 1.807) is 19.1 Å².